The molecule has 2 amide bonds. The largest absolute Gasteiger partial charge is 0.490 e. The maximum absolute atomic E-state index is 14.1. The Balaban J connectivity index is 1.61. The SMILES string of the molecule is CCOc1ccc(CCC(=O)N(Cc2ccccc2C)[C@H](Cc2ccccc2)C(=O)NC2CCCCC2)cc1OCC. The molecule has 6 heteroatoms. The first-order chi connectivity index (χ1) is 20.5. The van der Waals surface area contributed by atoms with Crippen molar-refractivity contribution in [2.24, 2.45) is 0 Å². The molecular formula is C36H46N2O4. The molecule has 1 fully saturated rings. The van der Waals surface area contributed by atoms with Gasteiger partial charge in [0, 0.05) is 25.4 Å². The average molecular weight is 571 g/mol. The van der Waals surface area contributed by atoms with Crippen molar-refractivity contribution in [1.29, 1.82) is 0 Å². The highest BCUT2D eigenvalue weighted by molar-refractivity contribution is 5.88. The highest BCUT2D eigenvalue weighted by atomic mass is 16.5. The molecule has 1 N–H and O–H groups in total. The van der Waals surface area contributed by atoms with Crippen molar-refractivity contribution in [2.75, 3.05) is 13.2 Å². The van der Waals surface area contributed by atoms with E-state index in [1.54, 1.807) is 0 Å². The fourth-order valence-electron chi connectivity index (χ4n) is 5.72. The molecule has 3 aromatic rings. The minimum atomic E-state index is -0.610. The highest BCUT2D eigenvalue weighted by Crippen LogP contribution is 2.29. The van der Waals surface area contributed by atoms with Crippen molar-refractivity contribution in [3.63, 3.8) is 0 Å². The minimum Gasteiger partial charge on any atom is -0.490 e. The minimum absolute atomic E-state index is 0.0372. The summed E-state index contributed by atoms with van der Waals surface area (Å²) in [5.74, 6) is 1.30. The van der Waals surface area contributed by atoms with Gasteiger partial charge in [-0.2, -0.15) is 0 Å². The standard InChI is InChI=1S/C36H46N2O4/c1-4-41-33-22-20-29(25-34(33)42-5-2)21-23-35(39)38(26-30-17-13-12-14-27(30)3)32(24-28-15-8-6-9-16-28)36(40)37-31-18-10-7-11-19-31/h6,8-9,12-17,20,22,25,31-32H,4-5,7,10-11,18-19,21,23-24,26H2,1-3H3,(H,37,40)/t32-/m1/s1. The number of amides is 2. The Hall–Kier alpha value is -3.80. The summed E-state index contributed by atoms with van der Waals surface area (Å²) in [4.78, 5) is 29.9. The second-order valence-corrected chi connectivity index (χ2v) is 11.1. The Labute approximate surface area is 251 Å². The van der Waals surface area contributed by atoms with E-state index in [9.17, 15) is 9.59 Å². The summed E-state index contributed by atoms with van der Waals surface area (Å²) in [6.45, 7) is 7.42. The molecule has 1 aliphatic rings. The van der Waals surface area contributed by atoms with Crippen molar-refractivity contribution in [1.82, 2.24) is 10.2 Å². The van der Waals surface area contributed by atoms with Gasteiger partial charge in [-0.1, -0.05) is 79.9 Å². The third-order valence-corrected chi connectivity index (χ3v) is 8.06. The zero-order valence-electron chi connectivity index (χ0n) is 25.4. The number of nitrogens with zero attached hydrogens (tertiary/aromatic N) is 1. The van der Waals surface area contributed by atoms with Crippen molar-refractivity contribution in [3.05, 3.63) is 95.1 Å². The van der Waals surface area contributed by atoms with E-state index < -0.39 is 6.04 Å². The van der Waals surface area contributed by atoms with Gasteiger partial charge in [-0.15, -0.1) is 0 Å². The van der Waals surface area contributed by atoms with E-state index in [-0.39, 0.29) is 24.3 Å². The van der Waals surface area contributed by atoms with E-state index in [0.717, 1.165) is 47.9 Å². The molecule has 4 rings (SSSR count). The zero-order chi connectivity index (χ0) is 29.7. The quantitative estimate of drug-likeness (QED) is 0.231. The summed E-state index contributed by atoms with van der Waals surface area (Å²) in [5, 5.41) is 3.33. The molecule has 0 unspecified atom stereocenters. The second kappa shape index (κ2) is 16.0. The summed E-state index contributed by atoms with van der Waals surface area (Å²) in [5.41, 5.74) is 4.19. The van der Waals surface area contributed by atoms with Crippen molar-refractivity contribution >= 4 is 11.8 Å². The van der Waals surface area contributed by atoms with Crippen LogP contribution in [0.4, 0.5) is 0 Å². The van der Waals surface area contributed by atoms with Gasteiger partial charge in [0.25, 0.3) is 0 Å². The average Bonchev–Trinajstić information content (AvgIpc) is 3.01. The number of carbonyl (C=O) groups excluding carboxylic acids is 2. The first-order valence-corrected chi connectivity index (χ1v) is 15.5. The monoisotopic (exact) mass is 570 g/mol. The molecule has 0 aliphatic heterocycles. The van der Waals surface area contributed by atoms with E-state index in [1.807, 2.05) is 79.4 Å². The van der Waals surface area contributed by atoms with Crippen LogP contribution in [0.15, 0.2) is 72.8 Å². The summed E-state index contributed by atoms with van der Waals surface area (Å²) in [6.07, 6.45) is 6.76. The van der Waals surface area contributed by atoms with E-state index in [1.165, 1.54) is 6.42 Å². The summed E-state index contributed by atoms with van der Waals surface area (Å²) in [7, 11) is 0. The maximum Gasteiger partial charge on any atom is 0.243 e. The van der Waals surface area contributed by atoms with Crippen molar-refractivity contribution in [2.45, 2.75) is 90.8 Å². The number of aryl methyl sites for hydroxylation is 2. The predicted octanol–water partition coefficient (Wildman–Crippen LogP) is 6.81. The molecule has 0 radical (unpaired) electrons. The third-order valence-electron chi connectivity index (χ3n) is 8.06. The van der Waals surface area contributed by atoms with E-state index in [0.29, 0.717) is 44.1 Å². The molecule has 0 heterocycles. The van der Waals surface area contributed by atoms with Crippen molar-refractivity contribution < 1.29 is 19.1 Å². The van der Waals surface area contributed by atoms with Crippen molar-refractivity contribution in [3.8, 4) is 11.5 Å². The lowest BCUT2D eigenvalue weighted by atomic mass is 9.94. The lowest BCUT2D eigenvalue weighted by molar-refractivity contribution is -0.141. The van der Waals surface area contributed by atoms with Crippen LogP contribution in [-0.4, -0.2) is 42.0 Å². The van der Waals surface area contributed by atoms with E-state index in [2.05, 4.69) is 24.4 Å². The predicted molar refractivity (Wildman–Crippen MR) is 168 cm³/mol. The fourth-order valence-corrected chi connectivity index (χ4v) is 5.72. The van der Waals surface area contributed by atoms with E-state index in [4.69, 9.17) is 9.47 Å². The molecule has 6 nitrogen and oxygen atoms in total. The maximum atomic E-state index is 14.1. The van der Waals surface area contributed by atoms with Gasteiger partial charge in [0.2, 0.25) is 11.8 Å². The Morgan fingerprint density at radius 1 is 0.857 bits per heavy atom. The van der Waals surface area contributed by atoms with Gasteiger partial charge in [-0.25, -0.2) is 0 Å². The Morgan fingerprint density at radius 2 is 1.55 bits per heavy atom. The molecular weight excluding hydrogens is 524 g/mol. The van der Waals surface area contributed by atoms with Crippen LogP contribution in [0.3, 0.4) is 0 Å². The molecule has 224 valence electrons. The lowest BCUT2D eigenvalue weighted by Gasteiger charge is -2.34. The molecule has 42 heavy (non-hydrogen) atoms. The van der Waals surface area contributed by atoms with Crippen LogP contribution in [0.5, 0.6) is 11.5 Å². The van der Waals surface area contributed by atoms with Gasteiger partial charge < -0.3 is 19.7 Å². The van der Waals surface area contributed by atoms with Crippen LogP contribution >= 0.6 is 0 Å². The first-order valence-electron chi connectivity index (χ1n) is 15.5. The zero-order valence-corrected chi connectivity index (χ0v) is 25.4. The number of ether oxygens (including phenoxy) is 2. The topological polar surface area (TPSA) is 67.9 Å². The smallest absolute Gasteiger partial charge is 0.243 e. The Kier molecular flexibility index (Phi) is 11.9. The van der Waals surface area contributed by atoms with Crippen LogP contribution < -0.4 is 14.8 Å². The van der Waals surface area contributed by atoms with Crippen LogP contribution in [0.2, 0.25) is 0 Å². The highest BCUT2D eigenvalue weighted by Gasteiger charge is 2.32. The summed E-state index contributed by atoms with van der Waals surface area (Å²) in [6, 6.07) is 23.5. The number of nitrogens with one attached hydrogen (secondary N) is 1. The molecule has 3 aromatic carbocycles. The Morgan fingerprint density at radius 3 is 2.26 bits per heavy atom. The fraction of sp³-hybridized carbons (Fsp3) is 0.444. The normalized spacial score (nSPS) is 14.2. The van der Waals surface area contributed by atoms with Crippen LogP contribution in [0.25, 0.3) is 0 Å². The number of benzene rings is 3. The van der Waals surface area contributed by atoms with Crippen LogP contribution in [0, 0.1) is 6.92 Å². The van der Waals surface area contributed by atoms with Gasteiger partial charge in [0.15, 0.2) is 11.5 Å². The molecule has 1 atom stereocenters. The van der Waals surface area contributed by atoms with Gasteiger partial charge in [0.05, 0.1) is 13.2 Å². The van der Waals surface area contributed by atoms with Crippen LogP contribution in [0.1, 0.15) is 74.6 Å². The van der Waals surface area contributed by atoms with Gasteiger partial charge >= 0.3 is 0 Å². The lowest BCUT2D eigenvalue weighted by Crippen LogP contribution is -2.53. The number of rotatable bonds is 14. The van der Waals surface area contributed by atoms with E-state index >= 15 is 0 Å². The molecule has 0 saturated heterocycles. The second-order valence-electron chi connectivity index (χ2n) is 11.1. The summed E-state index contributed by atoms with van der Waals surface area (Å²) >= 11 is 0. The van der Waals surface area contributed by atoms with Crippen LogP contribution in [-0.2, 0) is 29.0 Å². The molecule has 0 aromatic heterocycles. The van der Waals surface area contributed by atoms with Gasteiger partial charge in [-0.05, 0) is 74.4 Å². The number of hydrogen-bond acceptors (Lipinski definition) is 4. The number of hydrogen-bond donors (Lipinski definition) is 1. The first kappa shape index (κ1) is 31.1. The number of carbonyl (C=O) groups is 2. The molecule has 1 saturated carbocycles. The molecule has 0 bridgehead atoms. The van der Waals surface area contributed by atoms with Gasteiger partial charge in [-0.3, -0.25) is 9.59 Å². The third kappa shape index (κ3) is 8.85. The summed E-state index contributed by atoms with van der Waals surface area (Å²) < 4.78 is 11.5. The molecule has 0 spiro atoms. The molecule has 1 aliphatic carbocycles. The van der Waals surface area contributed by atoms with Gasteiger partial charge in [0.1, 0.15) is 6.04 Å². The Bertz CT molecular complexity index is 1290.